The normalized spacial score (nSPS) is 20.9. The third-order valence-corrected chi connectivity index (χ3v) is 2.18. The molecule has 0 aliphatic carbocycles. The molecule has 0 unspecified atom stereocenters. The van der Waals surface area contributed by atoms with Crippen molar-refractivity contribution in [1.82, 2.24) is 0 Å². The van der Waals surface area contributed by atoms with Crippen LogP contribution in [0.4, 0.5) is 0 Å². The first-order valence-corrected chi connectivity index (χ1v) is 5.35. The zero-order chi connectivity index (χ0) is 12.2. The molecule has 0 bridgehead atoms. The van der Waals surface area contributed by atoms with Gasteiger partial charge in [-0.3, -0.25) is 0 Å². The average molecular weight is 222 g/mol. The number of esters is 1. The number of cyclic esters (lactones) is 1. The van der Waals surface area contributed by atoms with Crippen LogP contribution in [-0.2, 0) is 14.3 Å². The minimum Gasteiger partial charge on any atom is -0.457 e. The molecule has 3 nitrogen and oxygen atoms in total. The van der Waals surface area contributed by atoms with E-state index in [1.165, 1.54) is 6.08 Å². The van der Waals surface area contributed by atoms with Crippen LogP contribution in [-0.4, -0.2) is 11.8 Å². The van der Waals surface area contributed by atoms with Crippen LogP contribution in [0.5, 0.6) is 0 Å². The smallest absolute Gasteiger partial charge is 0.337 e. The maximum Gasteiger partial charge on any atom is 0.337 e. The molecule has 0 saturated carbocycles. The fraction of sp³-hybridized carbons (Fsp3) is 0.462. The summed E-state index contributed by atoms with van der Waals surface area (Å²) in [5, 5.41) is 0. The van der Waals surface area contributed by atoms with Crippen molar-refractivity contribution in [3.05, 3.63) is 36.6 Å². The first-order chi connectivity index (χ1) is 7.46. The van der Waals surface area contributed by atoms with Crippen LogP contribution in [0.2, 0.25) is 0 Å². The molecule has 16 heavy (non-hydrogen) atoms. The molecular formula is C13H18O3. The average Bonchev–Trinajstić information content (AvgIpc) is 2.13. The molecule has 0 aromatic heterocycles. The summed E-state index contributed by atoms with van der Waals surface area (Å²) < 4.78 is 10.6. The van der Waals surface area contributed by atoms with Crippen LogP contribution >= 0.6 is 0 Å². The van der Waals surface area contributed by atoms with E-state index in [2.05, 4.69) is 6.58 Å². The lowest BCUT2D eigenvalue weighted by Crippen LogP contribution is -2.34. The molecular weight excluding hydrogens is 204 g/mol. The maximum atomic E-state index is 11.3. The molecule has 1 rings (SSSR count). The Labute approximate surface area is 96.4 Å². The van der Waals surface area contributed by atoms with Gasteiger partial charge in [-0.1, -0.05) is 18.2 Å². The lowest BCUT2D eigenvalue weighted by atomic mass is 10.0. The van der Waals surface area contributed by atoms with Crippen molar-refractivity contribution < 1.29 is 14.3 Å². The molecule has 0 N–H and O–H groups in total. The summed E-state index contributed by atoms with van der Waals surface area (Å²) in [5.41, 5.74) is 0. The third-order valence-electron chi connectivity index (χ3n) is 2.18. The Hall–Kier alpha value is -1.51. The predicted molar refractivity (Wildman–Crippen MR) is 62.5 cm³/mol. The van der Waals surface area contributed by atoms with Gasteiger partial charge in [-0.05, 0) is 6.92 Å². The maximum absolute atomic E-state index is 11.3. The third kappa shape index (κ3) is 3.57. The van der Waals surface area contributed by atoms with E-state index in [4.69, 9.17) is 9.47 Å². The summed E-state index contributed by atoms with van der Waals surface area (Å²) in [6.07, 6.45) is 7.83. The van der Waals surface area contributed by atoms with Crippen molar-refractivity contribution in [2.45, 2.75) is 33.0 Å². The number of ether oxygens (including phenoxy) is 2. The largest absolute Gasteiger partial charge is 0.457 e. The zero-order valence-corrected chi connectivity index (χ0v) is 10.0. The SMILES string of the molecule is C=C[C@@H](/C=C/C)CC1=CC(=O)OC(C)(C)O1. The number of rotatable bonds is 4. The highest BCUT2D eigenvalue weighted by Crippen LogP contribution is 2.26. The van der Waals surface area contributed by atoms with Crippen LogP contribution in [0.25, 0.3) is 0 Å². The quantitative estimate of drug-likeness (QED) is 0.542. The van der Waals surface area contributed by atoms with Crippen molar-refractivity contribution in [1.29, 1.82) is 0 Å². The standard InChI is InChI=1S/C13H18O3/c1-5-7-10(6-2)8-11-9-12(14)16-13(3,4)15-11/h5-7,9-10H,2,8H2,1,3-4H3/b7-5+/t10-/m0/s1. The van der Waals surface area contributed by atoms with Crippen molar-refractivity contribution in [2.24, 2.45) is 5.92 Å². The number of allylic oxidation sites excluding steroid dienone is 4. The lowest BCUT2D eigenvalue weighted by Gasteiger charge is -2.31. The Bertz CT molecular complexity index is 337. The van der Waals surface area contributed by atoms with Gasteiger partial charge in [0.2, 0.25) is 5.79 Å². The van der Waals surface area contributed by atoms with Gasteiger partial charge >= 0.3 is 5.97 Å². The Morgan fingerprint density at radius 3 is 2.69 bits per heavy atom. The fourth-order valence-electron chi connectivity index (χ4n) is 1.58. The minimum atomic E-state index is -0.872. The zero-order valence-electron chi connectivity index (χ0n) is 10.0. The summed E-state index contributed by atoms with van der Waals surface area (Å²) in [7, 11) is 0. The predicted octanol–water partition coefficient (Wildman–Crippen LogP) is 2.95. The second-order valence-electron chi connectivity index (χ2n) is 4.16. The molecule has 0 aromatic rings. The molecule has 1 heterocycles. The number of hydrogen-bond acceptors (Lipinski definition) is 3. The van der Waals surface area contributed by atoms with Gasteiger partial charge in [0.1, 0.15) is 5.76 Å². The first-order valence-electron chi connectivity index (χ1n) is 5.35. The van der Waals surface area contributed by atoms with Gasteiger partial charge in [-0.15, -0.1) is 6.58 Å². The minimum absolute atomic E-state index is 0.179. The second-order valence-corrected chi connectivity index (χ2v) is 4.16. The monoisotopic (exact) mass is 222 g/mol. The van der Waals surface area contributed by atoms with Crippen LogP contribution in [0.3, 0.4) is 0 Å². The Morgan fingerprint density at radius 2 is 2.19 bits per heavy atom. The van der Waals surface area contributed by atoms with E-state index in [-0.39, 0.29) is 11.9 Å². The van der Waals surface area contributed by atoms with Crippen molar-refractivity contribution in [3.63, 3.8) is 0 Å². The fourth-order valence-corrected chi connectivity index (χ4v) is 1.58. The highest BCUT2D eigenvalue weighted by Gasteiger charge is 2.30. The van der Waals surface area contributed by atoms with Crippen LogP contribution in [0.1, 0.15) is 27.2 Å². The van der Waals surface area contributed by atoms with E-state index in [1.807, 2.05) is 25.2 Å². The van der Waals surface area contributed by atoms with E-state index in [0.29, 0.717) is 12.2 Å². The molecule has 0 aromatic carbocycles. The Kier molecular flexibility index (Phi) is 3.93. The van der Waals surface area contributed by atoms with Gasteiger partial charge in [0.25, 0.3) is 0 Å². The molecule has 1 aliphatic rings. The van der Waals surface area contributed by atoms with E-state index < -0.39 is 5.79 Å². The van der Waals surface area contributed by atoms with Crippen LogP contribution < -0.4 is 0 Å². The van der Waals surface area contributed by atoms with E-state index in [0.717, 1.165) is 0 Å². The van der Waals surface area contributed by atoms with Crippen molar-refractivity contribution >= 4 is 5.97 Å². The van der Waals surface area contributed by atoms with Gasteiger partial charge in [0, 0.05) is 26.2 Å². The molecule has 0 radical (unpaired) electrons. The second kappa shape index (κ2) is 5.01. The topological polar surface area (TPSA) is 35.5 Å². The van der Waals surface area contributed by atoms with Crippen molar-refractivity contribution in [3.8, 4) is 0 Å². The molecule has 0 amide bonds. The number of carbonyl (C=O) groups is 1. The molecule has 0 spiro atoms. The molecule has 3 heteroatoms. The Balaban J connectivity index is 2.73. The number of hydrogen-bond donors (Lipinski definition) is 0. The molecule has 1 aliphatic heterocycles. The number of carbonyl (C=O) groups excluding carboxylic acids is 1. The van der Waals surface area contributed by atoms with Crippen LogP contribution in [0.15, 0.2) is 36.6 Å². The summed E-state index contributed by atoms with van der Waals surface area (Å²) in [6, 6.07) is 0. The molecule has 1 atom stereocenters. The van der Waals surface area contributed by atoms with Gasteiger partial charge in [0.15, 0.2) is 0 Å². The molecule has 0 fully saturated rings. The Morgan fingerprint density at radius 1 is 1.50 bits per heavy atom. The van der Waals surface area contributed by atoms with E-state index in [1.54, 1.807) is 13.8 Å². The van der Waals surface area contributed by atoms with Crippen molar-refractivity contribution in [2.75, 3.05) is 0 Å². The highest BCUT2D eigenvalue weighted by atomic mass is 16.7. The van der Waals surface area contributed by atoms with Gasteiger partial charge in [0.05, 0.1) is 6.08 Å². The molecule has 88 valence electrons. The van der Waals surface area contributed by atoms with E-state index >= 15 is 0 Å². The molecule has 0 saturated heterocycles. The first kappa shape index (κ1) is 12.6. The van der Waals surface area contributed by atoms with E-state index in [9.17, 15) is 4.79 Å². The van der Waals surface area contributed by atoms with Gasteiger partial charge in [-0.25, -0.2) is 4.79 Å². The summed E-state index contributed by atoms with van der Waals surface area (Å²) >= 11 is 0. The summed E-state index contributed by atoms with van der Waals surface area (Å²) in [6.45, 7) is 9.14. The highest BCUT2D eigenvalue weighted by molar-refractivity contribution is 5.83. The summed E-state index contributed by atoms with van der Waals surface area (Å²) in [5.74, 6) is -0.403. The van der Waals surface area contributed by atoms with Gasteiger partial charge < -0.3 is 9.47 Å². The summed E-state index contributed by atoms with van der Waals surface area (Å²) in [4.78, 5) is 11.3. The lowest BCUT2D eigenvalue weighted by molar-refractivity contribution is -0.206. The van der Waals surface area contributed by atoms with Crippen LogP contribution in [0, 0.1) is 5.92 Å². The van der Waals surface area contributed by atoms with Gasteiger partial charge in [-0.2, -0.15) is 0 Å².